The van der Waals surface area contributed by atoms with Gasteiger partial charge in [0.1, 0.15) is 17.5 Å². The number of H-pyrrole nitrogens is 1. The fourth-order valence-corrected chi connectivity index (χ4v) is 2.77. The molecule has 7 heteroatoms. The number of benzene rings is 2. The number of aromatic nitrogens is 1. The number of amides is 1. The lowest BCUT2D eigenvalue weighted by atomic mass is 10.1. The molecule has 2 aromatic carbocycles. The summed E-state index contributed by atoms with van der Waals surface area (Å²) in [5.74, 6) is -1.58. The number of carboxylic acids is 1. The number of nitrogens with one attached hydrogen (secondary N) is 2. The zero-order valence-electron chi connectivity index (χ0n) is 13.0. The van der Waals surface area contributed by atoms with E-state index in [0.29, 0.717) is 16.1 Å². The Bertz CT molecular complexity index is 934. The van der Waals surface area contributed by atoms with Gasteiger partial charge in [-0.05, 0) is 29.8 Å². The second-order valence-electron chi connectivity index (χ2n) is 5.62. The van der Waals surface area contributed by atoms with Crippen molar-refractivity contribution in [1.29, 1.82) is 0 Å². The predicted molar refractivity (Wildman–Crippen MR) is 94.0 cm³/mol. The second-order valence-corrected chi connectivity index (χ2v) is 6.03. The van der Waals surface area contributed by atoms with Crippen molar-refractivity contribution in [2.75, 3.05) is 0 Å². The van der Waals surface area contributed by atoms with Crippen molar-refractivity contribution in [2.45, 2.75) is 12.5 Å². The molecule has 0 saturated heterocycles. The number of phenolic OH excluding ortho intramolecular Hbond substituents is 1. The summed E-state index contributed by atoms with van der Waals surface area (Å²) in [6, 6.07) is 12.0. The number of fused-ring (bicyclic) bond motifs is 1. The van der Waals surface area contributed by atoms with Crippen LogP contribution in [0.1, 0.15) is 16.1 Å². The van der Waals surface area contributed by atoms with Gasteiger partial charge in [-0.15, -0.1) is 0 Å². The average Bonchev–Trinajstić information content (AvgIpc) is 3.02. The summed E-state index contributed by atoms with van der Waals surface area (Å²) in [5, 5.41) is 22.4. The minimum atomic E-state index is -1.14. The number of hydrogen-bond donors (Lipinski definition) is 4. The van der Waals surface area contributed by atoms with Gasteiger partial charge in [-0.2, -0.15) is 0 Å². The highest BCUT2D eigenvalue weighted by Crippen LogP contribution is 2.23. The molecule has 1 heterocycles. The highest BCUT2D eigenvalue weighted by Gasteiger charge is 2.22. The molecule has 1 amide bonds. The summed E-state index contributed by atoms with van der Waals surface area (Å²) in [6.45, 7) is 0. The van der Waals surface area contributed by atoms with Gasteiger partial charge in [0.05, 0.1) is 10.5 Å². The van der Waals surface area contributed by atoms with Gasteiger partial charge in [0.25, 0.3) is 5.91 Å². The Balaban J connectivity index is 1.78. The summed E-state index contributed by atoms with van der Waals surface area (Å²) in [6.07, 6.45) is 0.0995. The Hall–Kier alpha value is -2.99. The van der Waals surface area contributed by atoms with Crippen LogP contribution in [0.4, 0.5) is 0 Å². The van der Waals surface area contributed by atoms with Gasteiger partial charge in [0.2, 0.25) is 0 Å². The third-order valence-electron chi connectivity index (χ3n) is 3.83. The zero-order valence-corrected chi connectivity index (χ0v) is 13.7. The van der Waals surface area contributed by atoms with Crippen molar-refractivity contribution in [1.82, 2.24) is 10.3 Å². The Labute approximate surface area is 148 Å². The molecular weight excluding hydrogens is 344 g/mol. The van der Waals surface area contributed by atoms with Crippen LogP contribution in [-0.4, -0.2) is 33.1 Å². The number of rotatable bonds is 5. The fourth-order valence-electron chi connectivity index (χ4n) is 2.55. The Morgan fingerprint density at radius 3 is 2.52 bits per heavy atom. The first-order chi connectivity index (χ1) is 11.9. The molecule has 0 aliphatic carbocycles. The minimum Gasteiger partial charge on any atom is -0.508 e. The van der Waals surface area contributed by atoms with Crippen molar-refractivity contribution in [3.05, 3.63) is 64.8 Å². The van der Waals surface area contributed by atoms with Gasteiger partial charge in [0, 0.05) is 11.8 Å². The number of aliphatic carboxylic acids is 1. The third-order valence-corrected chi connectivity index (χ3v) is 4.14. The molecule has 25 heavy (non-hydrogen) atoms. The molecule has 0 radical (unpaired) electrons. The molecule has 3 rings (SSSR count). The summed E-state index contributed by atoms with van der Waals surface area (Å²) < 4.78 is 0. The van der Waals surface area contributed by atoms with Crippen LogP contribution in [0.5, 0.6) is 5.75 Å². The van der Waals surface area contributed by atoms with Gasteiger partial charge in [0.15, 0.2) is 0 Å². The Morgan fingerprint density at radius 2 is 1.88 bits per heavy atom. The highest BCUT2D eigenvalue weighted by atomic mass is 35.5. The Morgan fingerprint density at radius 1 is 1.16 bits per heavy atom. The van der Waals surface area contributed by atoms with Crippen molar-refractivity contribution < 1.29 is 19.8 Å². The molecule has 128 valence electrons. The number of halogens is 1. The van der Waals surface area contributed by atoms with Crippen LogP contribution < -0.4 is 5.32 Å². The molecule has 0 aliphatic rings. The maximum atomic E-state index is 12.4. The molecule has 0 bridgehead atoms. The maximum Gasteiger partial charge on any atom is 0.326 e. The number of para-hydroxylation sites is 1. The van der Waals surface area contributed by atoms with Gasteiger partial charge in [-0.1, -0.05) is 35.9 Å². The van der Waals surface area contributed by atoms with Gasteiger partial charge in [-0.3, -0.25) is 4.79 Å². The third kappa shape index (κ3) is 3.75. The Kier molecular flexibility index (Phi) is 4.63. The zero-order chi connectivity index (χ0) is 18.0. The quantitative estimate of drug-likeness (QED) is 0.563. The molecule has 6 nitrogen and oxygen atoms in total. The van der Waals surface area contributed by atoms with Crippen molar-refractivity contribution >= 4 is 34.4 Å². The van der Waals surface area contributed by atoms with E-state index in [4.69, 9.17) is 11.6 Å². The van der Waals surface area contributed by atoms with Crippen LogP contribution in [0, 0.1) is 0 Å². The molecule has 0 aliphatic heterocycles. The second kappa shape index (κ2) is 6.86. The van der Waals surface area contributed by atoms with Crippen LogP contribution in [0.25, 0.3) is 10.9 Å². The molecule has 3 aromatic rings. The van der Waals surface area contributed by atoms with E-state index in [1.807, 2.05) is 0 Å². The smallest absolute Gasteiger partial charge is 0.326 e. The van der Waals surface area contributed by atoms with Gasteiger partial charge in [-0.25, -0.2) is 4.79 Å². The van der Waals surface area contributed by atoms with Crippen molar-refractivity contribution in [2.24, 2.45) is 0 Å². The summed E-state index contributed by atoms with van der Waals surface area (Å²) in [4.78, 5) is 26.8. The monoisotopic (exact) mass is 358 g/mol. The fraction of sp³-hybridized carbons (Fsp3) is 0.111. The summed E-state index contributed by atoms with van der Waals surface area (Å²) in [7, 11) is 0. The lowest BCUT2D eigenvalue weighted by molar-refractivity contribution is -0.139. The predicted octanol–water partition coefficient (Wildman–Crippen LogP) is 2.95. The molecule has 4 N–H and O–H groups in total. The SMILES string of the molecule is O=C(NC(Cc1ccc(O)cc1)C(=O)O)c1cc2cccc(Cl)c2[nH]1. The first-order valence-electron chi connectivity index (χ1n) is 7.53. The number of aromatic amines is 1. The maximum absolute atomic E-state index is 12.4. The number of carbonyl (C=O) groups excluding carboxylic acids is 1. The van der Waals surface area contributed by atoms with Crippen molar-refractivity contribution in [3.8, 4) is 5.75 Å². The largest absolute Gasteiger partial charge is 0.508 e. The number of aromatic hydroxyl groups is 1. The van der Waals surface area contributed by atoms with E-state index in [9.17, 15) is 19.8 Å². The molecule has 0 spiro atoms. The van der Waals surface area contributed by atoms with Crippen LogP contribution in [-0.2, 0) is 11.2 Å². The van der Waals surface area contributed by atoms with Crippen molar-refractivity contribution in [3.63, 3.8) is 0 Å². The number of carboxylic acid groups (broad SMARTS) is 1. The lowest BCUT2D eigenvalue weighted by Gasteiger charge is -2.14. The van der Waals surface area contributed by atoms with E-state index in [-0.39, 0.29) is 17.9 Å². The van der Waals surface area contributed by atoms with E-state index < -0.39 is 17.9 Å². The van der Waals surface area contributed by atoms with Crippen LogP contribution >= 0.6 is 11.6 Å². The standard InChI is InChI=1S/C18H15ClN2O4/c19-13-3-1-2-11-9-14(20-16(11)13)17(23)21-15(18(24)25)8-10-4-6-12(22)7-5-10/h1-7,9,15,20,22H,8H2,(H,21,23)(H,24,25). The topological polar surface area (TPSA) is 102 Å². The number of hydrogen-bond acceptors (Lipinski definition) is 3. The van der Waals surface area contributed by atoms with E-state index >= 15 is 0 Å². The molecule has 1 aromatic heterocycles. The van der Waals surface area contributed by atoms with Crippen LogP contribution in [0.2, 0.25) is 5.02 Å². The molecular formula is C18H15ClN2O4. The van der Waals surface area contributed by atoms with E-state index in [1.165, 1.54) is 12.1 Å². The summed E-state index contributed by atoms with van der Waals surface area (Å²) >= 11 is 6.07. The number of carbonyl (C=O) groups is 2. The van der Waals surface area contributed by atoms with Crippen LogP contribution in [0.3, 0.4) is 0 Å². The van der Waals surface area contributed by atoms with Crippen LogP contribution in [0.15, 0.2) is 48.5 Å². The summed E-state index contributed by atoms with van der Waals surface area (Å²) in [5.41, 5.74) is 1.55. The van der Waals surface area contributed by atoms with Gasteiger partial charge < -0.3 is 20.5 Å². The minimum absolute atomic E-state index is 0.0922. The molecule has 0 fully saturated rings. The molecule has 1 unspecified atom stereocenters. The lowest BCUT2D eigenvalue weighted by Crippen LogP contribution is -2.42. The van der Waals surface area contributed by atoms with E-state index in [0.717, 1.165) is 5.39 Å². The van der Waals surface area contributed by atoms with E-state index in [1.54, 1.807) is 36.4 Å². The molecule has 0 saturated carbocycles. The highest BCUT2D eigenvalue weighted by molar-refractivity contribution is 6.35. The first kappa shape index (κ1) is 16.9. The number of phenols is 1. The first-order valence-corrected chi connectivity index (χ1v) is 7.90. The van der Waals surface area contributed by atoms with Gasteiger partial charge >= 0.3 is 5.97 Å². The normalized spacial score (nSPS) is 12.0. The average molecular weight is 359 g/mol. The molecule has 1 atom stereocenters. The van der Waals surface area contributed by atoms with E-state index in [2.05, 4.69) is 10.3 Å².